The Labute approximate surface area is 135 Å². The highest BCUT2D eigenvalue weighted by molar-refractivity contribution is 7.99. The van der Waals surface area contributed by atoms with Crippen LogP contribution in [0.2, 0.25) is 0 Å². The van der Waals surface area contributed by atoms with Gasteiger partial charge in [0.05, 0.1) is 5.75 Å². The number of carbonyl (C=O) groups is 1. The van der Waals surface area contributed by atoms with E-state index in [1.54, 1.807) is 30.0 Å². The van der Waals surface area contributed by atoms with Crippen LogP contribution in [0.15, 0.2) is 22.6 Å². The molecule has 1 amide bonds. The molecule has 22 heavy (non-hydrogen) atoms. The quantitative estimate of drug-likeness (QED) is 0.782. The summed E-state index contributed by atoms with van der Waals surface area (Å²) < 4.78 is 31.0. The van der Waals surface area contributed by atoms with E-state index in [1.165, 1.54) is 10.4 Å². The van der Waals surface area contributed by atoms with Gasteiger partial charge in [0, 0.05) is 37.2 Å². The van der Waals surface area contributed by atoms with E-state index in [9.17, 15) is 13.2 Å². The number of amides is 1. The third-order valence-electron chi connectivity index (χ3n) is 3.18. The number of rotatable bonds is 6. The van der Waals surface area contributed by atoms with Gasteiger partial charge in [-0.1, -0.05) is 0 Å². The van der Waals surface area contributed by atoms with Crippen LogP contribution in [0.25, 0.3) is 6.08 Å². The van der Waals surface area contributed by atoms with Gasteiger partial charge >= 0.3 is 0 Å². The number of hydrogen-bond donors (Lipinski definition) is 1. The van der Waals surface area contributed by atoms with E-state index in [-0.39, 0.29) is 18.2 Å². The maximum absolute atomic E-state index is 12.1. The molecule has 0 saturated carbocycles. The summed E-state index contributed by atoms with van der Waals surface area (Å²) >= 11 is 1.76. The van der Waals surface area contributed by atoms with Crippen LogP contribution in [0.1, 0.15) is 11.5 Å². The molecular formula is C14H20N2O4S2. The lowest BCUT2D eigenvalue weighted by Gasteiger charge is -2.25. The number of carbonyl (C=O) groups excluding carboxylic acids is 1. The molecule has 0 radical (unpaired) electrons. The molecule has 1 aliphatic rings. The van der Waals surface area contributed by atoms with Gasteiger partial charge in [-0.15, -0.1) is 0 Å². The Balaban J connectivity index is 1.75. The molecule has 0 spiro atoms. The van der Waals surface area contributed by atoms with Gasteiger partial charge in [-0.05, 0) is 25.1 Å². The highest BCUT2D eigenvalue weighted by atomic mass is 32.2. The first-order chi connectivity index (χ1) is 10.5. The van der Waals surface area contributed by atoms with Gasteiger partial charge in [0.15, 0.2) is 0 Å². The molecule has 2 rings (SSSR count). The summed E-state index contributed by atoms with van der Waals surface area (Å²) in [5.74, 6) is 2.61. The van der Waals surface area contributed by atoms with E-state index in [1.807, 2.05) is 6.92 Å². The van der Waals surface area contributed by atoms with Gasteiger partial charge in [-0.25, -0.2) is 12.7 Å². The molecule has 0 unspecified atom stereocenters. The standard InChI is InChI=1S/C14H20N2O4S2/c1-12-2-3-13(20-12)4-5-14(17)15-6-11-22(18,19)16-7-9-21-10-8-16/h2-5H,6-11H2,1H3,(H,15,17). The molecular weight excluding hydrogens is 324 g/mol. The second-order valence-electron chi connectivity index (χ2n) is 4.90. The fraction of sp³-hybridized carbons (Fsp3) is 0.500. The first-order valence-electron chi connectivity index (χ1n) is 7.05. The predicted molar refractivity (Wildman–Crippen MR) is 88.2 cm³/mol. The van der Waals surface area contributed by atoms with Gasteiger partial charge in [0.1, 0.15) is 11.5 Å². The van der Waals surface area contributed by atoms with Crippen LogP contribution in [0.5, 0.6) is 0 Å². The summed E-state index contributed by atoms with van der Waals surface area (Å²) in [4.78, 5) is 11.6. The van der Waals surface area contributed by atoms with Crippen molar-refractivity contribution in [1.82, 2.24) is 9.62 Å². The summed E-state index contributed by atoms with van der Waals surface area (Å²) in [6.45, 7) is 3.03. The Bertz CT molecular complexity index is 631. The third kappa shape index (κ3) is 5.19. The van der Waals surface area contributed by atoms with Crippen molar-refractivity contribution in [3.05, 3.63) is 29.7 Å². The molecule has 0 atom stereocenters. The second-order valence-corrected chi connectivity index (χ2v) is 8.21. The number of sulfonamides is 1. The van der Waals surface area contributed by atoms with Crippen molar-refractivity contribution in [3.8, 4) is 0 Å². The molecule has 1 saturated heterocycles. The monoisotopic (exact) mass is 344 g/mol. The average molecular weight is 344 g/mol. The Kier molecular flexibility index (Phi) is 6.10. The van der Waals surface area contributed by atoms with E-state index in [0.29, 0.717) is 18.8 Å². The van der Waals surface area contributed by atoms with Crippen molar-refractivity contribution in [1.29, 1.82) is 0 Å². The Morgan fingerprint density at radius 1 is 1.41 bits per heavy atom. The number of furan rings is 1. The van der Waals surface area contributed by atoms with Crippen molar-refractivity contribution >= 4 is 33.8 Å². The highest BCUT2D eigenvalue weighted by Gasteiger charge is 2.23. The zero-order valence-electron chi connectivity index (χ0n) is 12.4. The lowest BCUT2D eigenvalue weighted by atomic mass is 10.4. The minimum Gasteiger partial charge on any atom is -0.462 e. The van der Waals surface area contributed by atoms with E-state index in [0.717, 1.165) is 17.3 Å². The summed E-state index contributed by atoms with van der Waals surface area (Å²) in [5.41, 5.74) is 0. The number of hydrogen-bond acceptors (Lipinski definition) is 5. The van der Waals surface area contributed by atoms with Crippen LogP contribution in [0.3, 0.4) is 0 Å². The SMILES string of the molecule is Cc1ccc(C=CC(=O)NCCS(=O)(=O)N2CCSCC2)o1. The molecule has 1 aliphatic heterocycles. The molecule has 0 aliphatic carbocycles. The zero-order valence-corrected chi connectivity index (χ0v) is 14.1. The van der Waals surface area contributed by atoms with Crippen molar-refractivity contribution in [2.45, 2.75) is 6.92 Å². The number of nitrogens with zero attached hydrogens (tertiary/aromatic N) is 1. The maximum atomic E-state index is 12.1. The van der Waals surface area contributed by atoms with Crippen LogP contribution in [-0.4, -0.2) is 55.5 Å². The van der Waals surface area contributed by atoms with E-state index >= 15 is 0 Å². The first-order valence-corrected chi connectivity index (χ1v) is 9.82. The predicted octanol–water partition coefficient (Wildman–Crippen LogP) is 1.10. The van der Waals surface area contributed by atoms with E-state index in [4.69, 9.17) is 4.42 Å². The van der Waals surface area contributed by atoms with Gasteiger partial charge in [-0.3, -0.25) is 4.79 Å². The van der Waals surface area contributed by atoms with Crippen molar-refractivity contribution in [3.63, 3.8) is 0 Å². The minimum absolute atomic E-state index is 0.0723. The lowest BCUT2D eigenvalue weighted by molar-refractivity contribution is -0.116. The Hall–Kier alpha value is -1.25. The van der Waals surface area contributed by atoms with Crippen LogP contribution < -0.4 is 5.32 Å². The summed E-state index contributed by atoms with van der Waals surface area (Å²) in [7, 11) is -3.28. The molecule has 2 heterocycles. The molecule has 8 heteroatoms. The second kappa shape index (κ2) is 7.85. The summed E-state index contributed by atoms with van der Waals surface area (Å²) in [5, 5.41) is 2.58. The van der Waals surface area contributed by atoms with Crippen LogP contribution in [0.4, 0.5) is 0 Å². The zero-order chi connectivity index (χ0) is 16.0. The van der Waals surface area contributed by atoms with E-state index < -0.39 is 10.0 Å². The number of nitrogens with one attached hydrogen (secondary N) is 1. The highest BCUT2D eigenvalue weighted by Crippen LogP contribution is 2.13. The normalized spacial score (nSPS) is 17.0. The molecule has 0 bridgehead atoms. The van der Waals surface area contributed by atoms with Gasteiger partial charge in [0.2, 0.25) is 15.9 Å². The fourth-order valence-corrected chi connectivity index (χ4v) is 4.51. The first kappa shape index (κ1) is 17.1. The Morgan fingerprint density at radius 3 is 2.77 bits per heavy atom. The molecule has 1 aromatic heterocycles. The molecule has 1 aromatic rings. The molecule has 6 nitrogen and oxygen atoms in total. The van der Waals surface area contributed by atoms with Crippen LogP contribution in [-0.2, 0) is 14.8 Å². The number of aryl methyl sites for hydroxylation is 1. The van der Waals surface area contributed by atoms with Crippen LogP contribution in [0, 0.1) is 6.92 Å². The minimum atomic E-state index is -3.28. The largest absolute Gasteiger partial charge is 0.462 e. The topological polar surface area (TPSA) is 79.6 Å². The molecule has 122 valence electrons. The summed E-state index contributed by atoms with van der Waals surface area (Å²) in [6, 6.07) is 3.57. The molecule has 1 fully saturated rings. The maximum Gasteiger partial charge on any atom is 0.244 e. The average Bonchev–Trinajstić information content (AvgIpc) is 2.91. The summed E-state index contributed by atoms with van der Waals surface area (Å²) in [6.07, 6.45) is 2.89. The lowest BCUT2D eigenvalue weighted by Crippen LogP contribution is -2.41. The third-order valence-corrected chi connectivity index (χ3v) is 6.00. The smallest absolute Gasteiger partial charge is 0.244 e. The van der Waals surface area contributed by atoms with Crippen molar-refractivity contribution < 1.29 is 17.6 Å². The van der Waals surface area contributed by atoms with Gasteiger partial charge < -0.3 is 9.73 Å². The molecule has 1 N–H and O–H groups in total. The van der Waals surface area contributed by atoms with Gasteiger partial charge in [-0.2, -0.15) is 11.8 Å². The van der Waals surface area contributed by atoms with Crippen molar-refractivity contribution in [2.75, 3.05) is 36.9 Å². The van der Waals surface area contributed by atoms with Crippen molar-refractivity contribution in [2.24, 2.45) is 0 Å². The van der Waals surface area contributed by atoms with Gasteiger partial charge in [0.25, 0.3) is 0 Å². The Morgan fingerprint density at radius 2 is 2.14 bits per heavy atom. The fourth-order valence-electron chi connectivity index (χ4n) is 2.02. The number of thioether (sulfide) groups is 1. The molecule has 0 aromatic carbocycles. The van der Waals surface area contributed by atoms with E-state index in [2.05, 4.69) is 5.32 Å². The van der Waals surface area contributed by atoms with Crippen LogP contribution >= 0.6 is 11.8 Å².